The van der Waals surface area contributed by atoms with Crippen LogP contribution in [0, 0.1) is 0 Å². The summed E-state index contributed by atoms with van der Waals surface area (Å²) in [5, 5.41) is 5.18. The summed E-state index contributed by atoms with van der Waals surface area (Å²) < 4.78 is 0. The Bertz CT molecular complexity index is 667. The van der Waals surface area contributed by atoms with E-state index in [9.17, 15) is 0 Å². The molecule has 0 unspecified atom stereocenters. The Morgan fingerprint density at radius 1 is 0.905 bits per heavy atom. The van der Waals surface area contributed by atoms with E-state index in [1.54, 1.807) is 12.1 Å². The quantitative estimate of drug-likeness (QED) is 0.662. The lowest BCUT2D eigenvalue weighted by molar-refractivity contribution is 0.686. The van der Waals surface area contributed by atoms with Gasteiger partial charge in [-0.25, -0.2) is 0 Å². The van der Waals surface area contributed by atoms with Crippen molar-refractivity contribution in [3.8, 4) is 0 Å². The maximum atomic E-state index is 6.25. The van der Waals surface area contributed by atoms with Gasteiger partial charge in [0.1, 0.15) is 0 Å². The van der Waals surface area contributed by atoms with Crippen molar-refractivity contribution in [3.63, 3.8) is 0 Å². The number of benzene rings is 2. The summed E-state index contributed by atoms with van der Waals surface area (Å²) in [6, 6.07) is 9.95. The summed E-state index contributed by atoms with van der Waals surface area (Å²) in [6.07, 6.45) is 4.84. The van der Waals surface area contributed by atoms with Gasteiger partial charge in [-0.05, 0) is 55.0 Å². The number of halogens is 3. The van der Waals surface area contributed by atoms with Gasteiger partial charge in [0.2, 0.25) is 0 Å². The number of nitrogens with one attached hydrogen (secondary N) is 1. The zero-order chi connectivity index (χ0) is 14.8. The normalized spacial score (nSPS) is 13.9. The molecule has 0 amide bonds. The Morgan fingerprint density at radius 2 is 1.67 bits per heavy atom. The molecule has 0 saturated carbocycles. The molecule has 1 aliphatic rings. The van der Waals surface area contributed by atoms with Crippen molar-refractivity contribution in [1.82, 2.24) is 0 Å². The fraction of sp³-hybridized carbons (Fsp3) is 0.294. The fourth-order valence-electron chi connectivity index (χ4n) is 2.86. The van der Waals surface area contributed by atoms with E-state index in [4.69, 9.17) is 34.8 Å². The molecule has 110 valence electrons. The zero-order valence-corrected chi connectivity index (χ0v) is 13.8. The summed E-state index contributed by atoms with van der Waals surface area (Å²) in [6.45, 7) is 0.578. The topological polar surface area (TPSA) is 12.0 Å². The predicted molar refractivity (Wildman–Crippen MR) is 91.9 cm³/mol. The van der Waals surface area contributed by atoms with Crippen molar-refractivity contribution >= 4 is 40.5 Å². The SMILES string of the molecule is Clc1ccc(Cl)c(CNc2cccc3c2CCCC3)c1Cl. The van der Waals surface area contributed by atoms with Crippen molar-refractivity contribution in [1.29, 1.82) is 0 Å². The van der Waals surface area contributed by atoms with Gasteiger partial charge in [0.05, 0.1) is 10.0 Å². The van der Waals surface area contributed by atoms with Crippen LogP contribution >= 0.6 is 34.8 Å². The van der Waals surface area contributed by atoms with Gasteiger partial charge in [-0.3, -0.25) is 0 Å². The molecular weight excluding hydrogens is 325 g/mol. The lowest BCUT2D eigenvalue weighted by Crippen LogP contribution is -2.09. The Balaban J connectivity index is 1.85. The summed E-state index contributed by atoms with van der Waals surface area (Å²) in [7, 11) is 0. The second-order valence-corrected chi connectivity index (χ2v) is 6.52. The summed E-state index contributed by atoms with van der Waals surface area (Å²) in [5.74, 6) is 0. The number of fused-ring (bicyclic) bond motifs is 1. The Kier molecular flexibility index (Phi) is 4.63. The largest absolute Gasteiger partial charge is 0.381 e. The fourth-order valence-corrected chi connectivity index (χ4v) is 3.54. The minimum atomic E-state index is 0.529. The predicted octanol–water partition coefficient (Wildman–Crippen LogP) is 6.14. The third-order valence-corrected chi connectivity index (χ3v) is 5.19. The molecule has 1 N–H and O–H groups in total. The highest BCUT2D eigenvalue weighted by atomic mass is 35.5. The first kappa shape index (κ1) is 15.0. The van der Waals surface area contributed by atoms with E-state index in [2.05, 4.69) is 23.5 Å². The van der Waals surface area contributed by atoms with E-state index >= 15 is 0 Å². The van der Waals surface area contributed by atoms with Crippen LogP contribution in [0.5, 0.6) is 0 Å². The molecule has 0 bridgehead atoms. The molecule has 0 saturated heterocycles. The van der Waals surface area contributed by atoms with Gasteiger partial charge in [-0.15, -0.1) is 0 Å². The van der Waals surface area contributed by atoms with Gasteiger partial charge in [0.15, 0.2) is 0 Å². The Labute approximate surface area is 140 Å². The molecule has 0 fully saturated rings. The van der Waals surface area contributed by atoms with Gasteiger partial charge in [-0.1, -0.05) is 46.9 Å². The van der Waals surface area contributed by atoms with Gasteiger partial charge >= 0.3 is 0 Å². The van der Waals surface area contributed by atoms with Crippen molar-refractivity contribution in [2.45, 2.75) is 32.2 Å². The van der Waals surface area contributed by atoms with Gasteiger partial charge < -0.3 is 5.32 Å². The van der Waals surface area contributed by atoms with Crippen LogP contribution in [0.2, 0.25) is 15.1 Å². The van der Waals surface area contributed by atoms with Crippen LogP contribution in [-0.4, -0.2) is 0 Å². The van der Waals surface area contributed by atoms with E-state index in [1.165, 1.54) is 36.1 Å². The first-order valence-electron chi connectivity index (χ1n) is 7.14. The van der Waals surface area contributed by atoms with Crippen LogP contribution in [-0.2, 0) is 19.4 Å². The highest BCUT2D eigenvalue weighted by Crippen LogP contribution is 2.33. The van der Waals surface area contributed by atoms with E-state index < -0.39 is 0 Å². The molecule has 2 aromatic rings. The van der Waals surface area contributed by atoms with Crippen LogP contribution < -0.4 is 5.32 Å². The van der Waals surface area contributed by atoms with Gasteiger partial charge in [0, 0.05) is 22.8 Å². The summed E-state index contributed by atoms with van der Waals surface area (Å²) in [5.41, 5.74) is 4.91. The molecule has 0 aliphatic heterocycles. The lowest BCUT2D eigenvalue weighted by atomic mass is 9.90. The second kappa shape index (κ2) is 6.48. The molecule has 1 aliphatic carbocycles. The van der Waals surface area contributed by atoms with Crippen molar-refractivity contribution in [3.05, 3.63) is 62.1 Å². The number of hydrogen-bond donors (Lipinski definition) is 1. The zero-order valence-electron chi connectivity index (χ0n) is 11.6. The summed E-state index contributed by atoms with van der Waals surface area (Å²) >= 11 is 18.5. The molecule has 0 aromatic heterocycles. The standard InChI is InChI=1S/C17H16Cl3N/c18-14-8-9-15(19)17(20)13(14)10-21-16-7-3-5-11-4-1-2-6-12(11)16/h3,5,7-9,21H,1-2,4,6,10H2. The average Bonchev–Trinajstić information content (AvgIpc) is 2.51. The van der Waals surface area contributed by atoms with Crippen molar-refractivity contribution < 1.29 is 0 Å². The van der Waals surface area contributed by atoms with Crippen LogP contribution in [0.3, 0.4) is 0 Å². The molecule has 4 heteroatoms. The van der Waals surface area contributed by atoms with E-state index in [1.807, 2.05) is 0 Å². The third-order valence-electron chi connectivity index (χ3n) is 3.99. The van der Waals surface area contributed by atoms with Gasteiger partial charge in [0.25, 0.3) is 0 Å². The van der Waals surface area contributed by atoms with Crippen LogP contribution in [0.4, 0.5) is 5.69 Å². The molecule has 0 spiro atoms. The van der Waals surface area contributed by atoms with Crippen LogP contribution in [0.25, 0.3) is 0 Å². The summed E-state index contributed by atoms with van der Waals surface area (Å²) in [4.78, 5) is 0. The van der Waals surface area contributed by atoms with E-state index in [-0.39, 0.29) is 0 Å². The Hall–Kier alpha value is -0.890. The Morgan fingerprint density at radius 3 is 2.52 bits per heavy atom. The van der Waals surface area contributed by atoms with Crippen molar-refractivity contribution in [2.75, 3.05) is 5.32 Å². The number of rotatable bonds is 3. The smallest absolute Gasteiger partial charge is 0.0657 e. The number of aryl methyl sites for hydroxylation is 1. The van der Waals surface area contributed by atoms with E-state index in [0.29, 0.717) is 21.6 Å². The van der Waals surface area contributed by atoms with Crippen LogP contribution in [0.15, 0.2) is 30.3 Å². The monoisotopic (exact) mass is 339 g/mol. The number of anilines is 1. The average molecular weight is 341 g/mol. The molecule has 1 nitrogen and oxygen atoms in total. The molecular formula is C17H16Cl3N. The lowest BCUT2D eigenvalue weighted by Gasteiger charge is -2.20. The third kappa shape index (κ3) is 3.15. The highest BCUT2D eigenvalue weighted by Gasteiger charge is 2.14. The van der Waals surface area contributed by atoms with Crippen molar-refractivity contribution in [2.24, 2.45) is 0 Å². The first-order chi connectivity index (χ1) is 10.2. The minimum absolute atomic E-state index is 0.529. The van der Waals surface area contributed by atoms with Crippen LogP contribution in [0.1, 0.15) is 29.5 Å². The molecule has 2 aromatic carbocycles. The molecule has 0 atom stereocenters. The van der Waals surface area contributed by atoms with E-state index in [0.717, 1.165) is 12.0 Å². The molecule has 3 rings (SSSR count). The number of hydrogen-bond acceptors (Lipinski definition) is 1. The highest BCUT2D eigenvalue weighted by molar-refractivity contribution is 6.44. The first-order valence-corrected chi connectivity index (χ1v) is 8.27. The minimum Gasteiger partial charge on any atom is -0.381 e. The second-order valence-electron chi connectivity index (χ2n) is 5.33. The molecule has 21 heavy (non-hydrogen) atoms. The van der Waals surface area contributed by atoms with Gasteiger partial charge in [-0.2, -0.15) is 0 Å². The maximum absolute atomic E-state index is 6.25. The molecule has 0 heterocycles. The maximum Gasteiger partial charge on any atom is 0.0657 e. The molecule has 0 radical (unpaired) electrons.